The molecule has 0 amide bonds. The zero-order valence-corrected chi connectivity index (χ0v) is 9.23. The third-order valence-electron chi connectivity index (χ3n) is 2.76. The Morgan fingerprint density at radius 3 is 2.93 bits per heavy atom. The number of pyridine rings is 1. The second-order valence-corrected chi connectivity index (χ2v) is 3.99. The van der Waals surface area contributed by atoms with Crippen molar-refractivity contribution in [2.24, 2.45) is 0 Å². The van der Waals surface area contributed by atoms with Gasteiger partial charge in [0.05, 0.1) is 6.10 Å². The maximum absolute atomic E-state index is 5.80. The van der Waals surface area contributed by atoms with Crippen LogP contribution in [0.5, 0.6) is 0 Å². The summed E-state index contributed by atoms with van der Waals surface area (Å²) in [6.45, 7) is 3.87. The van der Waals surface area contributed by atoms with Crippen molar-refractivity contribution in [2.75, 3.05) is 30.8 Å². The van der Waals surface area contributed by atoms with Gasteiger partial charge in [-0.25, -0.2) is 4.98 Å². The van der Waals surface area contributed by atoms with E-state index in [0.29, 0.717) is 6.10 Å². The summed E-state index contributed by atoms with van der Waals surface area (Å²) in [4.78, 5) is 6.69. The van der Waals surface area contributed by atoms with E-state index in [4.69, 9.17) is 10.5 Å². The van der Waals surface area contributed by atoms with E-state index in [1.54, 1.807) is 7.11 Å². The van der Waals surface area contributed by atoms with Crippen LogP contribution >= 0.6 is 0 Å². The van der Waals surface area contributed by atoms with Gasteiger partial charge >= 0.3 is 0 Å². The van der Waals surface area contributed by atoms with Crippen molar-refractivity contribution < 1.29 is 4.74 Å². The molecule has 1 aliphatic rings. The van der Waals surface area contributed by atoms with Gasteiger partial charge in [0.2, 0.25) is 0 Å². The average Bonchev–Trinajstić information content (AvgIpc) is 2.64. The highest BCUT2D eigenvalue weighted by Gasteiger charge is 2.23. The molecule has 2 N–H and O–H groups in total. The molecule has 82 valence electrons. The molecule has 1 aliphatic heterocycles. The van der Waals surface area contributed by atoms with Crippen LogP contribution in [0, 0.1) is 6.92 Å². The Hall–Kier alpha value is -1.29. The summed E-state index contributed by atoms with van der Waals surface area (Å²) in [5.41, 5.74) is 7.54. The van der Waals surface area contributed by atoms with Crippen molar-refractivity contribution in [3.05, 3.63) is 17.8 Å². The molecule has 1 aromatic rings. The van der Waals surface area contributed by atoms with E-state index in [2.05, 4.69) is 9.88 Å². The third kappa shape index (κ3) is 2.21. The van der Waals surface area contributed by atoms with E-state index in [1.165, 1.54) is 0 Å². The first-order valence-corrected chi connectivity index (χ1v) is 5.21. The van der Waals surface area contributed by atoms with Gasteiger partial charge in [0.15, 0.2) is 0 Å². The predicted octanol–water partition coefficient (Wildman–Crippen LogP) is 1.20. The monoisotopic (exact) mass is 207 g/mol. The summed E-state index contributed by atoms with van der Waals surface area (Å²) < 4.78 is 5.32. The van der Waals surface area contributed by atoms with Crippen molar-refractivity contribution in [3.8, 4) is 0 Å². The Morgan fingerprint density at radius 2 is 2.33 bits per heavy atom. The van der Waals surface area contributed by atoms with Crippen LogP contribution in [-0.2, 0) is 4.74 Å². The predicted molar refractivity (Wildman–Crippen MR) is 61.0 cm³/mol. The van der Waals surface area contributed by atoms with Crippen LogP contribution in [0.3, 0.4) is 0 Å². The first kappa shape index (κ1) is 10.2. The van der Waals surface area contributed by atoms with E-state index >= 15 is 0 Å². The topological polar surface area (TPSA) is 51.4 Å². The Balaban J connectivity index is 2.16. The number of aryl methyl sites for hydroxylation is 1. The lowest BCUT2D eigenvalue weighted by Crippen LogP contribution is -2.23. The van der Waals surface area contributed by atoms with Crippen LogP contribution in [0.4, 0.5) is 11.5 Å². The molecule has 0 radical (unpaired) electrons. The molecule has 4 heteroatoms. The van der Waals surface area contributed by atoms with Crippen LogP contribution in [-0.4, -0.2) is 31.3 Å². The quantitative estimate of drug-likeness (QED) is 0.791. The van der Waals surface area contributed by atoms with E-state index < -0.39 is 0 Å². The minimum Gasteiger partial charge on any atom is -0.399 e. The van der Waals surface area contributed by atoms with Crippen LogP contribution in [0.1, 0.15) is 12.1 Å². The molecule has 0 aromatic carbocycles. The second kappa shape index (κ2) is 4.06. The molecule has 2 rings (SSSR count). The van der Waals surface area contributed by atoms with Crippen LogP contribution in [0.15, 0.2) is 12.1 Å². The lowest BCUT2D eigenvalue weighted by Gasteiger charge is -2.18. The number of nitrogens with two attached hydrogens (primary N) is 1. The van der Waals surface area contributed by atoms with Crippen LogP contribution in [0.25, 0.3) is 0 Å². The lowest BCUT2D eigenvalue weighted by atomic mass is 10.3. The molecule has 1 saturated heterocycles. The van der Waals surface area contributed by atoms with Crippen molar-refractivity contribution in [2.45, 2.75) is 19.4 Å². The molecule has 2 heterocycles. The number of ether oxygens (including phenoxy) is 1. The van der Waals surface area contributed by atoms with Gasteiger partial charge in [-0.2, -0.15) is 0 Å². The standard InChI is InChI=1S/C11H17N3O/c1-8-5-9(12)6-11(13-8)14-4-3-10(7-14)15-2/h5-6,10H,3-4,7H2,1-2H3,(H2,12,13)/t10-/m0/s1. The normalized spacial score (nSPS) is 20.9. The fourth-order valence-electron chi connectivity index (χ4n) is 1.97. The Kier molecular flexibility index (Phi) is 2.77. The second-order valence-electron chi connectivity index (χ2n) is 3.99. The summed E-state index contributed by atoms with van der Waals surface area (Å²) >= 11 is 0. The Morgan fingerprint density at radius 1 is 1.53 bits per heavy atom. The minimum atomic E-state index is 0.327. The maximum Gasteiger partial charge on any atom is 0.130 e. The molecule has 0 aliphatic carbocycles. The average molecular weight is 207 g/mol. The van der Waals surface area contributed by atoms with E-state index in [9.17, 15) is 0 Å². The summed E-state index contributed by atoms with van der Waals surface area (Å²) in [6, 6.07) is 3.80. The summed E-state index contributed by atoms with van der Waals surface area (Å²) in [6.07, 6.45) is 1.39. The molecule has 4 nitrogen and oxygen atoms in total. The molecule has 1 aromatic heterocycles. The van der Waals surface area contributed by atoms with Crippen LogP contribution in [0.2, 0.25) is 0 Å². The Bertz CT molecular complexity index is 333. The van der Waals surface area contributed by atoms with Gasteiger partial charge in [0.25, 0.3) is 0 Å². The number of hydrogen-bond acceptors (Lipinski definition) is 4. The van der Waals surface area contributed by atoms with E-state index in [0.717, 1.165) is 36.7 Å². The van der Waals surface area contributed by atoms with Gasteiger partial charge in [-0.3, -0.25) is 0 Å². The smallest absolute Gasteiger partial charge is 0.130 e. The van der Waals surface area contributed by atoms with E-state index in [1.807, 2.05) is 19.1 Å². The van der Waals surface area contributed by atoms with Crippen molar-refractivity contribution in [1.82, 2.24) is 4.98 Å². The fourth-order valence-corrected chi connectivity index (χ4v) is 1.97. The molecule has 0 spiro atoms. The number of methoxy groups -OCH3 is 1. The first-order chi connectivity index (χ1) is 7.19. The number of rotatable bonds is 2. The third-order valence-corrected chi connectivity index (χ3v) is 2.76. The van der Waals surface area contributed by atoms with Gasteiger partial charge in [-0.15, -0.1) is 0 Å². The SMILES string of the molecule is CO[C@H]1CCN(c2cc(N)cc(C)n2)C1. The highest BCUT2D eigenvalue weighted by atomic mass is 16.5. The van der Waals surface area contributed by atoms with Gasteiger partial charge in [0, 0.05) is 37.6 Å². The highest BCUT2D eigenvalue weighted by molar-refractivity contribution is 5.52. The maximum atomic E-state index is 5.80. The van der Waals surface area contributed by atoms with Gasteiger partial charge in [-0.1, -0.05) is 0 Å². The molecule has 0 bridgehead atoms. The van der Waals surface area contributed by atoms with Crippen LogP contribution < -0.4 is 10.6 Å². The molecular formula is C11H17N3O. The Labute approximate surface area is 90.0 Å². The molecular weight excluding hydrogens is 190 g/mol. The summed E-state index contributed by atoms with van der Waals surface area (Å²) in [5.74, 6) is 0.965. The first-order valence-electron chi connectivity index (χ1n) is 5.21. The number of anilines is 2. The summed E-state index contributed by atoms with van der Waals surface area (Å²) in [7, 11) is 1.76. The number of nitrogens with zero attached hydrogens (tertiary/aromatic N) is 2. The zero-order valence-electron chi connectivity index (χ0n) is 9.23. The van der Waals surface area contributed by atoms with Gasteiger partial charge in [-0.05, 0) is 19.4 Å². The number of nitrogen functional groups attached to an aromatic ring is 1. The lowest BCUT2D eigenvalue weighted by molar-refractivity contribution is 0.121. The van der Waals surface area contributed by atoms with Gasteiger partial charge < -0.3 is 15.4 Å². The zero-order chi connectivity index (χ0) is 10.8. The molecule has 1 fully saturated rings. The highest BCUT2D eigenvalue weighted by Crippen LogP contribution is 2.22. The van der Waals surface area contributed by atoms with Crippen molar-refractivity contribution in [1.29, 1.82) is 0 Å². The number of aromatic nitrogens is 1. The molecule has 0 saturated carbocycles. The molecule has 0 unspecified atom stereocenters. The number of hydrogen-bond donors (Lipinski definition) is 1. The van der Waals surface area contributed by atoms with Crippen molar-refractivity contribution >= 4 is 11.5 Å². The molecule has 15 heavy (non-hydrogen) atoms. The van der Waals surface area contributed by atoms with Crippen molar-refractivity contribution in [3.63, 3.8) is 0 Å². The summed E-state index contributed by atoms with van der Waals surface area (Å²) in [5, 5.41) is 0. The van der Waals surface area contributed by atoms with E-state index in [-0.39, 0.29) is 0 Å². The largest absolute Gasteiger partial charge is 0.399 e. The molecule has 1 atom stereocenters. The minimum absolute atomic E-state index is 0.327. The fraction of sp³-hybridized carbons (Fsp3) is 0.545. The van der Waals surface area contributed by atoms with Gasteiger partial charge in [0.1, 0.15) is 5.82 Å².